The standard InChI is InChI=1S/C9H15F3O2/c1-5-8(3,4)7(13)14-6(2)9(10,11)12/h6H,5H2,1-4H3. The van der Waals surface area contributed by atoms with Gasteiger partial charge in [-0.15, -0.1) is 0 Å². The molecule has 0 rings (SSSR count). The third-order valence-electron chi connectivity index (χ3n) is 2.18. The van der Waals surface area contributed by atoms with Crippen molar-refractivity contribution in [1.82, 2.24) is 0 Å². The highest BCUT2D eigenvalue weighted by Crippen LogP contribution is 2.27. The average Bonchev–Trinajstić information content (AvgIpc) is 2.02. The number of alkyl halides is 3. The van der Waals surface area contributed by atoms with Crippen LogP contribution in [-0.2, 0) is 9.53 Å². The highest BCUT2D eigenvalue weighted by atomic mass is 19.4. The Hall–Kier alpha value is -0.740. The molecule has 1 unspecified atom stereocenters. The molecule has 0 aliphatic rings. The lowest BCUT2D eigenvalue weighted by Crippen LogP contribution is -2.36. The first-order valence-electron chi connectivity index (χ1n) is 4.39. The van der Waals surface area contributed by atoms with Crippen LogP contribution in [0.4, 0.5) is 13.2 Å². The summed E-state index contributed by atoms with van der Waals surface area (Å²) in [6.07, 6.45) is -6.09. The zero-order valence-corrected chi connectivity index (χ0v) is 8.73. The molecule has 0 aromatic rings. The molecule has 2 nitrogen and oxygen atoms in total. The number of halogens is 3. The van der Waals surface area contributed by atoms with Crippen LogP contribution in [0.15, 0.2) is 0 Å². The van der Waals surface area contributed by atoms with E-state index in [4.69, 9.17) is 0 Å². The van der Waals surface area contributed by atoms with Gasteiger partial charge in [-0.1, -0.05) is 6.92 Å². The largest absolute Gasteiger partial charge is 0.453 e. The van der Waals surface area contributed by atoms with Gasteiger partial charge in [0.25, 0.3) is 0 Å². The number of carbonyl (C=O) groups excluding carboxylic acids is 1. The molecule has 0 spiro atoms. The molecule has 0 radical (unpaired) electrons. The fourth-order valence-electron chi connectivity index (χ4n) is 0.531. The summed E-state index contributed by atoms with van der Waals surface area (Å²) in [7, 11) is 0. The molecule has 0 amide bonds. The normalized spacial score (nSPS) is 15.1. The number of carbonyl (C=O) groups is 1. The molecule has 0 fully saturated rings. The minimum Gasteiger partial charge on any atom is -0.453 e. The van der Waals surface area contributed by atoms with Crippen LogP contribution in [0.2, 0.25) is 0 Å². The van der Waals surface area contributed by atoms with E-state index in [0.29, 0.717) is 6.42 Å². The van der Waals surface area contributed by atoms with Crippen molar-refractivity contribution in [3.63, 3.8) is 0 Å². The lowest BCUT2D eigenvalue weighted by molar-refractivity contribution is -0.221. The van der Waals surface area contributed by atoms with Gasteiger partial charge in [-0.3, -0.25) is 4.79 Å². The Bertz CT molecular complexity index is 209. The van der Waals surface area contributed by atoms with Gasteiger partial charge in [-0.05, 0) is 27.2 Å². The lowest BCUT2D eigenvalue weighted by atomic mass is 9.90. The van der Waals surface area contributed by atoms with Crippen molar-refractivity contribution in [2.75, 3.05) is 0 Å². The molecule has 0 saturated heterocycles. The second kappa shape index (κ2) is 4.19. The van der Waals surface area contributed by atoms with Crippen molar-refractivity contribution in [3.8, 4) is 0 Å². The Kier molecular flexibility index (Phi) is 3.97. The van der Waals surface area contributed by atoms with Crippen LogP contribution >= 0.6 is 0 Å². The Labute approximate surface area is 81.4 Å². The maximum atomic E-state index is 12.0. The van der Waals surface area contributed by atoms with E-state index in [-0.39, 0.29) is 0 Å². The fraction of sp³-hybridized carbons (Fsp3) is 0.889. The van der Waals surface area contributed by atoms with Gasteiger partial charge in [-0.2, -0.15) is 13.2 Å². The van der Waals surface area contributed by atoms with E-state index in [1.54, 1.807) is 20.8 Å². The first-order chi connectivity index (χ1) is 6.11. The molecule has 0 saturated carbocycles. The summed E-state index contributed by atoms with van der Waals surface area (Å²) in [5.74, 6) is -0.815. The SMILES string of the molecule is CCC(C)(C)C(=O)OC(C)C(F)(F)F. The van der Waals surface area contributed by atoms with E-state index in [2.05, 4.69) is 4.74 Å². The first-order valence-corrected chi connectivity index (χ1v) is 4.39. The van der Waals surface area contributed by atoms with Crippen LogP contribution in [0.3, 0.4) is 0 Å². The van der Waals surface area contributed by atoms with Crippen molar-refractivity contribution in [2.24, 2.45) is 5.41 Å². The third kappa shape index (κ3) is 3.55. The average molecular weight is 212 g/mol. The molecule has 0 aromatic heterocycles. The number of ether oxygens (including phenoxy) is 1. The van der Waals surface area contributed by atoms with Crippen LogP contribution < -0.4 is 0 Å². The smallest absolute Gasteiger partial charge is 0.425 e. The van der Waals surface area contributed by atoms with E-state index >= 15 is 0 Å². The summed E-state index contributed by atoms with van der Waals surface area (Å²) in [5.41, 5.74) is -0.862. The summed E-state index contributed by atoms with van der Waals surface area (Å²) in [4.78, 5) is 11.2. The van der Waals surface area contributed by atoms with E-state index in [1.165, 1.54) is 0 Å². The lowest BCUT2D eigenvalue weighted by Gasteiger charge is -2.24. The van der Waals surface area contributed by atoms with Crippen molar-refractivity contribution in [2.45, 2.75) is 46.4 Å². The second-order valence-electron chi connectivity index (χ2n) is 3.83. The number of hydrogen-bond donors (Lipinski definition) is 0. The van der Waals surface area contributed by atoms with Gasteiger partial charge in [0.15, 0.2) is 6.10 Å². The number of esters is 1. The van der Waals surface area contributed by atoms with E-state index in [1.807, 2.05) is 0 Å². The van der Waals surface area contributed by atoms with E-state index in [0.717, 1.165) is 6.92 Å². The monoisotopic (exact) mass is 212 g/mol. The minimum atomic E-state index is -4.49. The zero-order chi connectivity index (χ0) is 11.6. The maximum absolute atomic E-state index is 12.0. The maximum Gasteiger partial charge on any atom is 0.425 e. The van der Waals surface area contributed by atoms with Gasteiger partial charge in [0.05, 0.1) is 5.41 Å². The molecule has 0 aromatic carbocycles. The quantitative estimate of drug-likeness (QED) is 0.672. The topological polar surface area (TPSA) is 26.3 Å². The highest BCUT2D eigenvalue weighted by Gasteiger charge is 2.41. The van der Waals surface area contributed by atoms with Crippen molar-refractivity contribution in [1.29, 1.82) is 0 Å². The summed E-state index contributed by atoms with van der Waals surface area (Å²) < 4.78 is 40.4. The van der Waals surface area contributed by atoms with Crippen LogP contribution in [0.5, 0.6) is 0 Å². The van der Waals surface area contributed by atoms with E-state index < -0.39 is 23.7 Å². The molecule has 0 N–H and O–H groups in total. The molecule has 1 atom stereocenters. The zero-order valence-electron chi connectivity index (χ0n) is 8.73. The molecule has 0 heterocycles. The molecule has 0 aliphatic heterocycles. The van der Waals surface area contributed by atoms with Crippen LogP contribution in [-0.4, -0.2) is 18.2 Å². The van der Waals surface area contributed by atoms with Gasteiger partial charge in [0, 0.05) is 0 Å². The first kappa shape index (κ1) is 13.3. The Balaban J connectivity index is 4.35. The molecule has 0 aliphatic carbocycles. The third-order valence-corrected chi connectivity index (χ3v) is 2.18. The molecule has 84 valence electrons. The summed E-state index contributed by atoms with van der Waals surface area (Å²) >= 11 is 0. The number of hydrogen-bond acceptors (Lipinski definition) is 2. The summed E-state index contributed by atoms with van der Waals surface area (Å²) in [6, 6.07) is 0. The van der Waals surface area contributed by atoms with Crippen molar-refractivity contribution < 1.29 is 22.7 Å². The summed E-state index contributed by atoms with van der Waals surface area (Å²) in [5, 5.41) is 0. The van der Waals surface area contributed by atoms with Gasteiger partial charge >= 0.3 is 12.1 Å². The van der Waals surface area contributed by atoms with Gasteiger partial charge in [-0.25, -0.2) is 0 Å². The Morgan fingerprint density at radius 3 is 2.07 bits per heavy atom. The molecule has 5 heteroatoms. The van der Waals surface area contributed by atoms with Gasteiger partial charge < -0.3 is 4.74 Å². The van der Waals surface area contributed by atoms with Gasteiger partial charge in [0.1, 0.15) is 0 Å². The van der Waals surface area contributed by atoms with Gasteiger partial charge in [0.2, 0.25) is 0 Å². The predicted molar refractivity (Wildman–Crippen MR) is 45.7 cm³/mol. The Morgan fingerprint density at radius 1 is 1.36 bits per heavy atom. The van der Waals surface area contributed by atoms with Crippen molar-refractivity contribution >= 4 is 5.97 Å². The molecule has 0 bridgehead atoms. The van der Waals surface area contributed by atoms with E-state index in [9.17, 15) is 18.0 Å². The highest BCUT2D eigenvalue weighted by molar-refractivity contribution is 5.76. The second-order valence-corrected chi connectivity index (χ2v) is 3.83. The van der Waals surface area contributed by atoms with Crippen molar-refractivity contribution in [3.05, 3.63) is 0 Å². The Morgan fingerprint density at radius 2 is 1.79 bits per heavy atom. The predicted octanol–water partition coefficient (Wildman–Crippen LogP) is 2.92. The minimum absolute atomic E-state index is 0.441. The van der Waals surface area contributed by atoms with Crippen LogP contribution in [0.25, 0.3) is 0 Å². The molecule has 14 heavy (non-hydrogen) atoms. The summed E-state index contributed by atoms with van der Waals surface area (Å²) in [6.45, 7) is 5.65. The fourth-order valence-corrected chi connectivity index (χ4v) is 0.531. The van der Waals surface area contributed by atoms with Crippen LogP contribution in [0, 0.1) is 5.41 Å². The molecular formula is C9H15F3O2. The van der Waals surface area contributed by atoms with Crippen LogP contribution in [0.1, 0.15) is 34.1 Å². The number of rotatable bonds is 3. The molecular weight excluding hydrogens is 197 g/mol.